The van der Waals surface area contributed by atoms with Crippen molar-refractivity contribution in [3.8, 4) is 22.8 Å². The molecule has 0 aliphatic carbocycles. The molecule has 0 atom stereocenters. The minimum absolute atomic E-state index is 0.0280. The number of benzene rings is 1. The molecule has 0 amide bonds. The number of H-pyrrole nitrogens is 1. The van der Waals surface area contributed by atoms with Gasteiger partial charge in [-0.3, -0.25) is 5.10 Å². The normalized spacial score (nSPS) is 10.2. The molecule has 0 spiro atoms. The molecule has 2 N–H and O–H groups in total. The molecule has 1 aromatic carbocycles. The molecule has 100 valence electrons. The van der Waals surface area contributed by atoms with Crippen molar-refractivity contribution in [2.75, 3.05) is 13.7 Å². The molecule has 1 heterocycles. The average Bonchev–Trinajstić information content (AvgIpc) is 2.89. The first-order valence-electron chi connectivity index (χ1n) is 5.76. The molecule has 2 rings (SSSR count). The number of nitrogens with one attached hydrogen (secondary N) is 1. The van der Waals surface area contributed by atoms with Gasteiger partial charge in [-0.05, 0) is 25.1 Å². The molecular formula is C13H14N2O4. The summed E-state index contributed by atoms with van der Waals surface area (Å²) in [6, 6.07) is 6.83. The van der Waals surface area contributed by atoms with Crippen LogP contribution in [0.15, 0.2) is 24.3 Å². The van der Waals surface area contributed by atoms with Crippen molar-refractivity contribution in [2.45, 2.75) is 6.92 Å². The maximum absolute atomic E-state index is 10.9. The summed E-state index contributed by atoms with van der Waals surface area (Å²) in [5, 5.41) is 15.3. The van der Waals surface area contributed by atoms with Crippen molar-refractivity contribution < 1.29 is 19.4 Å². The lowest BCUT2D eigenvalue weighted by molar-refractivity contribution is 0.0690. The number of rotatable bonds is 5. The second-order valence-corrected chi connectivity index (χ2v) is 3.74. The third kappa shape index (κ3) is 2.52. The van der Waals surface area contributed by atoms with Gasteiger partial charge in [-0.2, -0.15) is 5.10 Å². The SMILES string of the molecule is CCOc1c(OC)cccc1-c1cc(C(=O)O)[nH]n1. The summed E-state index contributed by atoms with van der Waals surface area (Å²) in [7, 11) is 1.55. The van der Waals surface area contributed by atoms with Crippen molar-refractivity contribution in [3.63, 3.8) is 0 Å². The number of carboxylic acids is 1. The van der Waals surface area contributed by atoms with E-state index in [0.717, 1.165) is 0 Å². The zero-order chi connectivity index (χ0) is 13.8. The maximum Gasteiger partial charge on any atom is 0.353 e. The van der Waals surface area contributed by atoms with Gasteiger partial charge in [0.1, 0.15) is 5.69 Å². The van der Waals surface area contributed by atoms with Gasteiger partial charge in [-0.1, -0.05) is 6.07 Å². The van der Waals surface area contributed by atoms with Gasteiger partial charge < -0.3 is 14.6 Å². The van der Waals surface area contributed by atoms with E-state index in [4.69, 9.17) is 14.6 Å². The first kappa shape index (κ1) is 12.9. The van der Waals surface area contributed by atoms with Crippen molar-refractivity contribution in [1.29, 1.82) is 0 Å². The Kier molecular flexibility index (Phi) is 3.70. The molecule has 0 bridgehead atoms. The molecule has 0 aliphatic rings. The number of methoxy groups -OCH3 is 1. The highest BCUT2D eigenvalue weighted by Gasteiger charge is 2.16. The Bertz CT molecular complexity index is 592. The molecule has 0 fully saturated rings. The van der Waals surface area contributed by atoms with E-state index in [1.807, 2.05) is 6.92 Å². The first-order chi connectivity index (χ1) is 9.17. The summed E-state index contributed by atoms with van der Waals surface area (Å²) >= 11 is 0. The van der Waals surface area contributed by atoms with Crippen molar-refractivity contribution in [1.82, 2.24) is 10.2 Å². The van der Waals surface area contributed by atoms with Crippen LogP contribution >= 0.6 is 0 Å². The van der Waals surface area contributed by atoms with Gasteiger partial charge in [0.25, 0.3) is 0 Å². The van der Waals surface area contributed by atoms with Gasteiger partial charge in [0.15, 0.2) is 11.5 Å². The van der Waals surface area contributed by atoms with Gasteiger partial charge in [-0.15, -0.1) is 0 Å². The fraction of sp³-hybridized carbons (Fsp3) is 0.231. The fourth-order valence-corrected chi connectivity index (χ4v) is 1.74. The van der Waals surface area contributed by atoms with Gasteiger partial charge >= 0.3 is 5.97 Å². The summed E-state index contributed by atoms with van der Waals surface area (Å²) < 4.78 is 10.8. The maximum atomic E-state index is 10.9. The van der Waals surface area contributed by atoms with Crippen LogP contribution in [0.5, 0.6) is 11.5 Å². The number of aromatic amines is 1. The number of ether oxygens (including phenoxy) is 2. The first-order valence-corrected chi connectivity index (χ1v) is 5.76. The lowest BCUT2D eigenvalue weighted by Gasteiger charge is -2.12. The lowest BCUT2D eigenvalue weighted by atomic mass is 10.1. The van der Waals surface area contributed by atoms with Crippen LogP contribution in [0.25, 0.3) is 11.3 Å². The summed E-state index contributed by atoms with van der Waals surface area (Å²) in [5.41, 5.74) is 1.21. The van der Waals surface area contributed by atoms with E-state index < -0.39 is 5.97 Å². The Morgan fingerprint density at radius 2 is 2.26 bits per heavy atom. The predicted octanol–water partition coefficient (Wildman–Crippen LogP) is 2.18. The van der Waals surface area contributed by atoms with Crippen LogP contribution in [0.3, 0.4) is 0 Å². The molecule has 1 aromatic heterocycles. The molecular weight excluding hydrogens is 248 g/mol. The van der Waals surface area contributed by atoms with Crippen LogP contribution in [0.1, 0.15) is 17.4 Å². The number of aromatic carboxylic acids is 1. The van der Waals surface area contributed by atoms with Crippen molar-refractivity contribution >= 4 is 5.97 Å². The zero-order valence-electron chi connectivity index (χ0n) is 10.6. The lowest BCUT2D eigenvalue weighted by Crippen LogP contribution is -1.97. The zero-order valence-corrected chi connectivity index (χ0v) is 10.6. The highest BCUT2D eigenvalue weighted by molar-refractivity contribution is 5.87. The molecule has 2 aromatic rings. The molecule has 0 unspecified atom stereocenters. The average molecular weight is 262 g/mol. The monoisotopic (exact) mass is 262 g/mol. The van der Waals surface area contributed by atoms with Crippen LogP contribution in [0.4, 0.5) is 0 Å². The van der Waals surface area contributed by atoms with Gasteiger partial charge in [0.05, 0.1) is 19.4 Å². The minimum Gasteiger partial charge on any atom is -0.493 e. The van der Waals surface area contributed by atoms with Crippen molar-refractivity contribution in [3.05, 3.63) is 30.0 Å². The Hall–Kier alpha value is -2.50. The number of aromatic nitrogens is 2. The third-order valence-corrected chi connectivity index (χ3v) is 2.57. The smallest absolute Gasteiger partial charge is 0.353 e. The Morgan fingerprint density at radius 1 is 1.47 bits per heavy atom. The number of hydrogen-bond acceptors (Lipinski definition) is 4. The van der Waals surface area contributed by atoms with E-state index in [1.165, 1.54) is 6.07 Å². The summed E-state index contributed by atoms with van der Waals surface area (Å²) in [5.74, 6) is 0.0785. The van der Waals surface area contributed by atoms with Gasteiger partial charge in [0.2, 0.25) is 0 Å². The molecule has 0 saturated heterocycles. The van der Waals surface area contributed by atoms with E-state index in [-0.39, 0.29) is 5.69 Å². The van der Waals surface area contributed by atoms with Crippen LogP contribution in [0, 0.1) is 0 Å². The topological polar surface area (TPSA) is 84.4 Å². The summed E-state index contributed by atoms with van der Waals surface area (Å²) in [6.45, 7) is 2.34. The highest BCUT2D eigenvalue weighted by atomic mass is 16.5. The minimum atomic E-state index is -1.06. The highest BCUT2D eigenvalue weighted by Crippen LogP contribution is 2.37. The molecule has 19 heavy (non-hydrogen) atoms. The van der Waals surface area contributed by atoms with Crippen LogP contribution in [0.2, 0.25) is 0 Å². The number of para-hydroxylation sites is 1. The van der Waals surface area contributed by atoms with E-state index in [9.17, 15) is 4.79 Å². The fourth-order valence-electron chi connectivity index (χ4n) is 1.74. The Balaban J connectivity index is 2.50. The number of nitrogens with zero attached hydrogens (tertiary/aromatic N) is 1. The predicted molar refractivity (Wildman–Crippen MR) is 68.7 cm³/mol. The quantitative estimate of drug-likeness (QED) is 0.862. The van der Waals surface area contributed by atoms with Crippen LogP contribution in [-0.4, -0.2) is 35.0 Å². The molecule has 0 aliphatic heterocycles. The number of hydrogen-bond donors (Lipinski definition) is 2. The van der Waals surface area contributed by atoms with Gasteiger partial charge in [0, 0.05) is 5.56 Å². The molecule has 6 heteroatoms. The van der Waals surface area contributed by atoms with Crippen LogP contribution in [-0.2, 0) is 0 Å². The third-order valence-electron chi connectivity index (χ3n) is 2.57. The second kappa shape index (κ2) is 5.43. The Morgan fingerprint density at radius 3 is 2.84 bits per heavy atom. The van der Waals surface area contributed by atoms with E-state index in [2.05, 4.69) is 10.2 Å². The van der Waals surface area contributed by atoms with E-state index in [1.54, 1.807) is 25.3 Å². The molecule has 0 radical (unpaired) electrons. The molecule has 0 saturated carbocycles. The summed E-state index contributed by atoms with van der Waals surface area (Å²) in [6.07, 6.45) is 0. The van der Waals surface area contributed by atoms with Gasteiger partial charge in [-0.25, -0.2) is 4.79 Å². The standard InChI is InChI=1S/C13H14N2O4/c1-3-19-12-8(5-4-6-11(12)18-2)9-7-10(13(16)17)15-14-9/h4-7H,3H2,1-2H3,(H,14,15)(H,16,17). The molecule has 6 nitrogen and oxygen atoms in total. The second-order valence-electron chi connectivity index (χ2n) is 3.74. The van der Waals surface area contributed by atoms with Crippen molar-refractivity contribution in [2.24, 2.45) is 0 Å². The number of carboxylic acid groups (broad SMARTS) is 1. The number of carbonyl (C=O) groups is 1. The van der Waals surface area contributed by atoms with E-state index in [0.29, 0.717) is 29.4 Å². The Labute approximate surface area is 110 Å². The van der Waals surface area contributed by atoms with E-state index >= 15 is 0 Å². The summed E-state index contributed by atoms with van der Waals surface area (Å²) in [4.78, 5) is 10.9. The van der Waals surface area contributed by atoms with Crippen LogP contribution < -0.4 is 9.47 Å². The largest absolute Gasteiger partial charge is 0.493 e.